The minimum atomic E-state index is -1.74. The number of hydrogen-bond acceptors (Lipinski definition) is 3. The molecule has 0 amide bonds. The zero-order valence-corrected chi connectivity index (χ0v) is 23.2. The molecular weight excluding hydrogens is 412 g/mol. The molecule has 0 radical (unpaired) electrons. The first-order chi connectivity index (χ1) is 14.7. The first-order valence-electron chi connectivity index (χ1n) is 13.1. The Labute approximate surface area is 198 Å². The van der Waals surface area contributed by atoms with E-state index in [0.29, 0.717) is 29.1 Å². The Morgan fingerprint density at radius 1 is 1.12 bits per heavy atom. The van der Waals surface area contributed by atoms with Gasteiger partial charge in [0.25, 0.3) is 0 Å². The van der Waals surface area contributed by atoms with Crippen molar-refractivity contribution in [2.45, 2.75) is 117 Å². The molecule has 0 heterocycles. The molecule has 8 unspecified atom stereocenters. The second-order valence-corrected chi connectivity index (χ2v) is 18.4. The van der Waals surface area contributed by atoms with Gasteiger partial charge in [-0.15, -0.1) is 0 Å². The summed E-state index contributed by atoms with van der Waals surface area (Å²) in [7, 11) is 0.0694. The van der Waals surface area contributed by atoms with E-state index in [9.17, 15) is 4.79 Å². The summed E-state index contributed by atoms with van der Waals surface area (Å²) in [6, 6.07) is 0. The fraction of sp³-hybridized carbons (Fsp3) is 0.893. The van der Waals surface area contributed by atoms with Crippen LogP contribution in [-0.4, -0.2) is 33.4 Å². The number of Topliss-reactive ketones (excluding diaryl/α,β-unsaturated/α-hetero) is 1. The van der Waals surface area contributed by atoms with Crippen LogP contribution in [0.15, 0.2) is 11.6 Å². The lowest BCUT2D eigenvalue weighted by Gasteiger charge is -2.58. The number of carbonyl (C=O) groups is 1. The first-order valence-corrected chi connectivity index (χ1v) is 16.1. The SMILES string of the molecule is COC1CC2C3CC=C4CC(O[Si](C)(C)C(C)(C)C)CCC4(C)C3CCC2(C)C1C(C)=O. The normalized spacial score (nSPS) is 44.3. The van der Waals surface area contributed by atoms with E-state index in [2.05, 4.69) is 53.8 Å². The van der Waals surface area contributed by atoms with E-state index >= 15 is 0 Å². The molecule has 0 N–H and O–H groups in total. The highest BCUT2D eigenvalue weighted by molar-refractivity contribution is 6.74. The molecule has 3 fully saturated rings. The fourth-order valence-corrected chi connectivity index (χ4v) is 9.66. The van der Waals surface area contributed by atoms with Crippen LogP contribution < -0.4 is 0 Å². The van der Waals surface area contributed by atoms with E-state index in [0.717, 1.165) is 18.8 Å². The van der Waals surface area contributed by atoms with Gasteiger partial charge >= 0.3 is 0 Å². The number of ether oxygens (including phenoxy) is 1. The van der Waals surface area contributed by atoms with Crippen molar-refractivity contribution in [3.63, 3.8) is 0 Å². The van der Waals surface area contributed by atoms with Crippen LogP contribution in [0.2, 0.25) is 18.1 Å². The standard InChI is InChI=1S/C28H48O3Si/c1-18(29)25-24(30-7)17-23-21-11-10-19-16-20(31-32(8,9)26(2,3)4)12-14-27(19,5)22(21)13-15-28(23,25)6/h10,20-25H,11-17H2,1-9H3. The maximum Gasteiger partial charge on any atom is 0.192 e. The highest BCUT2D eigenvalue weighted by Crippen LogP contribution is 2.66. The zero-order valence-electron chi connectivity index (χ0n) is 22.2. The molecule has 0 aromatic heterocycles. The van der Waals surface area contributed by atoms with Crippen molar-refractivity contribution in [3.8, 4) is 0 Å². The monoisotopic (exact) mass is 460 g/mol. The fourth-order valence-electron chi connectivity index (χ4n) is 8.27. The van der Waals surface area contributed by atoms with Crippen LogP contribution in [0.25, 0.3) is 0 Å². The minimum Gasteiger partial charge on any atom is -0.414 e. The molecule has 0 saturated heterocycles. The van der Waals surface area contributed by atoms with Crippen molar-refractivity contribution in [2.24, 2.45) is 34.5 Å². The van der Waals surface area contributed by atoms with E-state index in [4.69, 9.17) is 9.16 Å². The highest BCUT2D eigenvalue weighted by Gasteiger charge is 2.62. The Morgan fingerprint density at radius 2 is 1.81 bits per heavy atom. The maximum atomic E-state index is 12.6. The van der Waals surface area contributed by atoms with Crippen molar-refractivity contribution in [1.29, 1.82) is 0 Å². The van der Waals surface area contributed by atoms with Crippen molar-refractivity contribution in [1.82, 2.24) is 0 Å². The molecule has 32 heavy (non-hydrogen) atoms. The summed E-state index contributed by atoms with van der Waals surface area (Å²) in [6.45, 7) is 18.6. The lowest BCUT2D eigenvalue weighted by atomic mass is 9.47. The molecule has 3 saturated carbocycles. The number of carbonyl (C=O) groups excluding carboxylic acids is 1. The molecule has 8 atom stereocenters. The highest BCUT2D eigenvalue weighted by atomic mass is 28.4. The van der Waals surface area contributed by atoms with Gasteiger partial charge in [0.1, 0.15) is 5.78 Å². The minimum absolute atomic E-state index is 0.0744. The summed E-state index contributed by atoms with van der Waals surface area (Å²) in [5, 5.41) is 0.265. The smallest absolute Gasteiger partial charge is 0.192 e. The van der Waals surface area contributed by atoms with Gasteiger partial charge in [-0.2, -0.15) is 0 Å². The first kappa shape index (κ1) is 24.7. The van der Waals surface area contributed by atoms with Crippen molar-refractivity contribution < 1.29 is 14.0 Å². The van der Waals surface area contributed by atoms with Crippen LogP contribution in [0.1, 0.15) is 86.5 Å². The molecule has 4 aliphatic rings. The van der Waals surface area contributed by atoms with Crippen LogP contribution in [-0.2, 0) is 14.0 Å². The molecule has 0 spiro atoms. The Morgan fingerprint density at radius 3 is 2.41 bits per heavy atom. The summed E-state index contributed by atoms with van der Waals surface area (Å²) < 4.78 is 12.8. The number of fused-ring (bicyclic) bond motifs is 5. The Bertz CT molecular complexity index is 780. The predicted octanol–water partition coefficient (Wildman–Crippen LogP) is 7.17. The quantitative estimate of drug-likeness (QED) is 0.329. The van der Waals surface area contributed by atoms with E-state index in [1.54, 1.807) is 12.5 Å². The van der Waals surface area contributed by atoms with Gasteiger partial charge in [0.2, 0.25) is 0 Å². The van der Waals surface area contributed by atoms with Crippen LogP contribution in [0.4, 0.5) is 0 Å². The average Bonchev–Trinajstić information content (AvgIpc) is 2.99. The van der Waals surface area contributed by atoms with Crippen molar-refractivity contribution in [3.05, 3.63) is 11.6 Å². The van der Waals surface area contributed by atoms with Gasteiger partial charge in [0.15, 0.2) is 8.32 Å². The van der Waals surface area contributed by atoms with Crippen molar-refractivity contribution in [2.75, 3.05) is 7.11 Å². The lowest BCUT2D eigenvalue weighted by molar-refractivity contribution is -0.131. The third-order valence-corrected chi connectivity index (χ3v) is 15.6. The summed E-state index contributed by atoms with van der Waals surface area (Å²) in [6.07, 6.45) is 11.4. The van der Waals surface area contributed by atoms with Gasteiger partial charge in [-0.25, -0.2) is 0 Å². The van der Waals surface area contributed by atoms with E-state index in [-0.39, 0.29) is 22.5 Å². The van der Waals surface area contributed by atoms with Gasteiger partial charge in [0, 0.05) is 19.1 Å². The van der Waals surface area contributed by atoms with E-state index < -0.39 is 8.32 Å². The molecule has 0 bridgehead atoms. The van der Waals surface area contributed by atoms with E-state index in [1.807, 2.05) is 7.11 Å². The van der Waals surface area contributed by atoms with Gasteiger partial charge in [-0.1, -0.05) is 46.3 Å². The van der Waals surface area contributed by atoms with Gasteiger partial charge in [-0.05, 0) is 98.6 Å². The molecule has 182 valence electrons. The molecule has 0 aromatic rings. The zero-order chi connectivity index (χ0) is 23.7. The van der Waals surface area contributed by atoms with Crippen molar-refractivity contribution >= 4 is 14.1 Å². The number of hydrogen-bond donors (Lipinski definition) is 0. The maximum absolute atomic E-state index is 12.6. The van der Waals surface area contributed by atoms with Crippen LogP contribution in [0.5, 0.6) is 0 Å². The number of rotatable bonds is 4. The molecule has 0 aliphatic heterocycles. The number of methoxy groups -OCH3 is 1. The Hall–Kier alpha value is -0.453. The van der Waals surface area contributed by atoms with E-state index in [1.165, 1.54) is 32.1 Å². The summed E-state index contributed by atoms with van der Waals surface area (Å²) in [4.78, 5) is 12.6. The van der Waals surface area contributed by atoms with Gasteiger partial charge in [0.05, 0.1) is 6.10 Å². The number of ketones is 1. The molecular formula is C28H48O3Si. The molecule has 3 nitrogen and oxygen atoms in total. The molecule has 4 rings (SSSR count). The van der Waals surface area contributed by atoms with Crippen LogP contribution in [0.3, 0.4) is 0 Å². The Balaban J connectivity index is 1.56. The number of allylic oxidation sites excluding steroid dienone is 1. The third kappa shape index (κ3) is 3.71. The summed E-state index contributed by atoms with van der Waals surface area (Å²) in [5.74, 6) is 2.46. The second kappa shape index (κ2) is 8.05. The van der Waals surface area contributed by atoms with Crippen LogP contribution in [0, 0.1) is 34.5 Å². The summed E-state index contributed by atoms with van der Waals surface area (Å²) >= 11 is 0. The summed E-state index contributed by atoms with van der Waals surface area (Å²) in [5.41, 5.74) is 2.11. The molecule has 4 heteroatoms. The van der Waals surface area contributed by atoms with Gasteiger partial charge in [-0.3, -0.25) is 4.79 Å². The predicted molar refractivity (Wildman–Crippen MR) is 134 cm³/mol. The molecule has 0 aromatic carbocycles. The van der Waals surface area contributed by atoms with Gasteiger partial charge < -0.3 is 9.16 Å². The average molecular weight is 461 g/mol. The molecule has 4 aliphatic carbocycles. The van der Waals surface area contributed by atoms with Crippen LogP contribution >= 0.6 is 0 Å². The second-order valence-electron chi connectivity index (χ2n) is 13.6. The Kier molecular flexibility index (Phi) is 6.21. The lowest BCUT2D eigenvalue weighted by Crippen LogP contribution is -2.52. The third-order valence-electron chi connectivity index (χ3n) is 11.1. The largest absolute Gasteiger partial charge is 0.414 e. The topological polar surface area (TPSA) is 35.5 Å².